The highest BCUT2D eigenvalue weighted by molar-refractivity contribution is 6.28. The van der Waals surface area contributed by atoms with Gasteiger partial charge in [0.15, 0.2) is 0 Å². The van der Waals surface area contributed by atoms with Crippen LogP contribution in [0.15, 0.2) is 18.2 Å². The molecule has 1 aromatic heterocycles. The highest BCUT2D eigenvalue weighted by atomic mass is 35.5. The first-order valence-corrected chi connectivity index (χ1v) is 5.12. The fourth-order valence-electron chi connectivity index (χ4n) is 1.27. The molecule has 2 aromatic rings. The minimum Gasteiger partial charge on any atom is -0.368 e. The quantitative estimate of drug-likeness (QED) is 0.859. The number of rotatable bonds is 2. The van der Waals surface area contributed by atoms with Crippen molar-refractivity contribution < 1.29 is 4.39 Å². The first-order chi connectivity index (χ1) is 8.04. The summed E-state index contributed by atoms with van der Waals surface area (Å²) >= 11 is 5.63. The summed E-state index contributed by atoms with van der Waals surface area (Å²) in [6.45, 7) is 1.66. The lowest BCUT2D eigenvalue weighted by molar-refractivity contribution is 0.619. The van der Waals surface area contributed by atoms with E-state index in [0.717, 1.165) is 0 Å². The van der Waals surface area contributed by atoms with Crippen molar-refractivity contribution in [1.29, 1.82) is 0 Å². The topological polar surface area (TPSA) is 76.7 Å². The largest absolute Gasteiger partial charge is 0.368 e. The summed E-state index contributed by atoms with van der Waals surface area (Å²) in [6, 6.07) is 4.54. The Bertz CT molecular complexity index is 540. The van der Waals surface area contributed by atoms with Crippen molar-refractivity contribution in [2.45, 2.75) is 6.92 Å². The second-order valence-electron chi connectivity index (χ2n) is 3.38. The van der Waals surface area contributed by atoms with Gasteiger partial charge in [0.25, 0.3) is 0 Å². The van der Waals surface area contributed by atoms with Crippen molar-refractivity contribution in [1.82, 2.24) is 15.0 Å². The van der Waals surface area contributed by atoms with E-state index in [-0.39, 0.29) is 23.0 Å². The maximum atomic E-state index is 13.1. The molecule has 7 heteroatoms. The molecule has 3 N–H and O–H groups in total. The zero-order valence-corrected chi connectivity index (χ0v) is 9.66. The smallest absolute Gasteiger partial charge is 0.233 e. The fourth-order valence-corrected chi connectivity index (χ4v) is 1.44. The molecule has 17 heavy (non-hydrogen) atoms. The zero-order valence-electron chi connectivity index (χ0n) is 8.91. The SMILES string of the molecule is Cc1cc(Nc2nc(N)nc(Cl)n2)ccc1F. The van der Waals surface area contributed by atoms with Crippen LogP contribution in [0.5, 0.6) is 0 Å². The van der Waals surface area contributed by atoms with Gasteiger partial charge in [0.2, 0.25) is 17.2 Å². The van der Waals surface area contributed by atoms with Gasteiger partial charge in [0, 0.05) is 5.69 Å². The molecule has 0 unspecified atom stereocenters. The van der Waals surface area contributed by atoms with Gasteiger partial charge < -0.3 is 11.1 Å². The number of halogens is 2. The maximum absolute atomic E-state index is 13.1. The highest BCUT2D eigenvalue weighted by Crippen LogP contribution is 2.17. The Morgan fingerprint density at radius 2 is 2.06 bits per heavy atom. The molecule has 0 spiro atoms. The van der Waals surface area contributed by atoms with Gasteiger partial charge >= 0.3 is 0 Å². The molecule has 0 atom stereocenters. The van der Waals surface area contributed by atoms with Crippen molar-refractivity contribution >= 4 is 29.2 Å². The van der Waals surface area contributed by atoms with E-state index in [1.54, 1.807) is 19.1 Å². The summed E-state index contributed by atoms with van der Waals surface area (Å²) in [5, 5.41) is 2.86. The number of hydrogen-bond acceptors (Lipinski definition) is 5. The second kappa shape index (κ2) is 4.50. The third-order valence-corrected chi connectivity index (χ3v) is 2.21. The van der Waals surface area contributed by atoms with Gasteiger partial charge in [-0.05, 0) is 42.3 Å². The van der Waals surface area contributed by atoms with Crippen LogP contribution < -0.4 is 11.1 Å². The van der Waals surface area contributed by atoms with Gasteiger partial charge in [-0.3, -0.25) is 0 Å². The average Bonchev–Trinajstić information content (AvgIpc) is 2.22. The minimum atomic E-state index is -0.274. The molecule has 0 aliphatic carbocycles. The number of benzene rings is 1. The van der Waals surface area contributed by atoms with E-state index in [9.17, 15) is 4.39 Å². The molecule has 0 aliphatic heterocycles. The molecule has 1 heterocycles. The van der Waals surface area contributed by atoms with Crippen molar-refractivity contribution in [3.63, 3.8) is 0 Å². The second-order valence-corrected chi connectivity index (χ2v) is 3.71. The van der Waals surface area contributed by atoms with Gasteiger partial charge in [-0.2, -0.15) is 15.0 Å². The van der Waals surface area contributed by atoms with Crippen LogP contribution in [-0.2, 0) is 0 Å². The Hall–Kier alpha value is -1.95. The van der Waals surface area contributed by atoms with E-state index in [1.165, 1.54) is 6.07 Å². The molecule has 88 valence electrons. The summed E-state index contributed by atoms with van der Waals surface area (Å²) in [4.78, 5) is 11.3. The summed E-state index contributed by atoms with van der Waals surface area (Å²) in [7, 11) is 0. The van der Waals surface area contributed by atoms with Crippen molar-refractivity contribution in [3.05, 3.63) is 34.9 Å². The lowest BCUT2D eigenvalue weighted by atomic mass is 10.2. The standard InChI is InChI=1S/C10H9ClFN5/c1-5-4-6(2-3-7(5)12)14-10-16-8(11)15-9(13)17-10/h2-4H,1H3,(H3,13,14,15,16,17). The van der Waals surface area contributed by atoms with Crippen molar-refractivity contribution in [3.8, 4) is 0 Å². The number of nitrogens with zero attached hydrogens (tertiary/aromatic N) is 3. The molecule has 0 aliphatic rings. The predicted molar refractivity (Wildman–Crippen MR) is 63.7 cm³/mol. The van der Waals surface area contributed by atoms with Gasteiger partial charge in [-0.1, -0.05) is 0 Å². The van der Waals surface area contributed by atoms with Gasteiger partial charge in [0.05, 0.1) is 0 Å². The van der Waals surface area contributed by atoms with Crippen LogP contribution in [0.25, 0.3) is 0 Å². The van der Waals surface area contributed by atoms with E-state index in [0.29, 0.717) is 11.3 Å². The van der Waals surface area contributed by atoms with E-state index in [4.69, 9.17) is 17.3 Å². The molecule has 0 saturated carbocycles. The van der Waals surface area contributed by atoms with Crippen LogP contribution in [0.1, 0.15) is 5.56 Å². The normalized spacial score (nSPS) is 10.3. The maximum Gasteiger partial charge on any atom is 0.233 e. The van der Waals surface area contributed by atoms with Crippen molar-refractivity contribution in [2.24, 2.45) is 0 Å². The van der Waals surface area contributed by atoms with Crippen LogP contribution in [0.3, 0.4) is 0 Å². The van der Waals surface area contributed by atoms with E-state index >= 15 is 0 Å². The van der Waals surface area contributed by atoms with E-state index < -0.39 is 0 Å². The molecule has 0 bridgehead atoms. The van der Waals surface area contributed by atoms with E-state index in [1.807, 2.05) is 0 Å². The zero-order chi connectivity index (χ0) is 12.4. The number of nitrogens with two attached hydrogens (primary N) is 1. The third kappa shape index (κ3) is 2.79. The minimum absolute atomic E-state index is 0.00108. The highest BCUT2D eigenvalue weighted by Gasteiger charge is 2.04. The number of anilines is 3. The first-order valence-electron chi connectivity index (χ1n) is 4.75. The summed E-state index contributed by atoms with van der Waals surface area (Å²) in [5.74, 6) is -0.0383. The van der Waals surface area contributed by atoms with Gasteiger partial charge in [-0.25, -0.2) is 4.39 Å². The molecule has 0 amide bonds. The number of aromatic nitrogens is 3. The Balaban J connectivity index is 2.28. The van der Waals surface area contributed by atoms with Crippen molar-refractivity contribution in [2.75, 3.05) is 11.1 Å². The fraction of sp³-hybridized carbons (Fsp3) is 0.100. The molecule has 1 aromatic carbocycles. The summed E-state index contributed by atoms with van der Waals surface area (Å²) < 4.78 is 13.1. The monoisotopic (exact) mass is 253 g/mol. The van der Waals surface area contributed by atoms with Crippen LogP contribution >= 0.6 is 11.6 Å². The van der Waals surface area contributed by atoms with Crippen LogP contribution in [0, 0.1) is 12.7 Å². The average molecular weight is 254 g/mol. The number of hydrogen-bond donors (Lipinski definition) is 2. The number of aryl methyl sites for hydroxylation is 1. The summed E-state index contributed by atoms with van der Waals surface area (Å²) in [6.07, 6.45) is 0. The first kappa shape index (κ1) is 11.5. The Labute approximate surface area is 102 Å². The van der Waals surface area contributed by atoms with Gasteiger partial charge in [-0.15, -0.1) is 0 Å². The Morgan fingerprint density at radius 3 is 2.71 bits per heavy atom. The molecular weight excluding hydrogens is 245 g/mol. The van der Waals surface area contributed by atoms with Gasteiger partial charge in [0.1, 0.15) is 5.82 Å². The lowest BCUT2D eigenvalue weighted by Crippen LogP contribution is -2.03. The summed E-state index contributed by atoms with van der Waals surface area (Å²) in [5.41, 5.74) is 6.58. The molecule has 0 radical (unpaired) electrons. The molecular formula is C10H9ClFN5. The van der Waals surface area contributed by atoms with Crippen LogP contribution in [0.4, 0.5) is 22.0 Å². The Kier molecular flexibility index (Phi) is 3.06. The van der Waals surface area contributed by atoms with Crippen LogP contribution in [0.2, 0.25) is 5.28 Å². The third-order valence-electron chi connectivity index (χ3n) is 2.04. The van der Waals surface area contributed by atoms with E-state index in [2.05, 4.69) is 20.3 Å². The number of nitrogens with one attached hydrogen (secondary N) is 1. The van der Waals surface area contributed by atoms with Crippen LogP contribution in [-0.4, -0.2) is 15.0 Å². The molecule has 0 fully saturated rings. The Morgan fingerprint density at radius 1 is 1.29 bits per heavy atom. The lowest BCUT2D eigenvalue weighted by Gasteiger charge is -2.06. The predicted octanol–water partition coefficient (Wildman–Crippen LogP) is 2.30. The molecule has 0 saturated heterocycles. The molecule has 5 nitrogen and oxygen atoms in total. The molecule has 2 rings (SSSR count). The number of nitrogen functional groups attached to an aromatic ring is 1.